The average Bonchev–Trinajstić information content (AvgIpc) is 2.95. The van der Waals surface area contributed by atoms with E-state index in [-0.39, 0.29) is 17.9 Å². The van der Waals surface area contributed by atoms with Gasteiger partial charge in [0.05, 0.1) is 22.8 Å². The van der Waals surface area contributed by atoms with E-state index in [1.165, 1.54) is 19.2 Å². The number of methoxy groups -OCH3 is 1. The standard InChI is InChI=1S/C16H11Cl2FN2O3/c1-23-14-3-2-10(19)5-12(14)16(22)24-8-11-7-21-6-9(17)4-13(18)15(21)20-11/h2-7H,8H2,1H3. The van der Waals surface area contributed by atoms with Crippen LogP contribution in [0.15, 0.2) is 36.7 Å². The zero-order chi connectivity index (χ0) is 17.3. The van der Waals surface area contributed by atoms with E-state index in [0.717, 1.165) is 6.07 Å². The van der Waals surface area contributed by atoms with Crippen molar-refractivity contribution < 1.29 is 18.7 Å². The Labute approximate surface area is 146 Å². The van der Waals surface area contributed by atoms with Crippen molar-refractivity contribution in [1.82, 2.24) is 9.38 Å². The normalized spacial score (nSPS) is 10.8. The van der Waals surface area contributed by atoms with Crippen molar-refractivity contribution in [3.63, 3.8) is 0 Å². The highest BCUT2D eigenvalue weighted by Gasteiger charge is 2.16. The predicted molar refractivity (Wildman–Crippen MR) is 87.3 cm³/mol. The van der Waals surface area contributed by atoms with Crippen molar-refractivity contribution in [2.75, 3.05) is 7.11 Å². The second-order valence-electron chi connectivity index (χ2n) is 4.89. The van der Waals surface area contributed by atoms with Gasteiger partial charge in [-0.1, -0.05) is 23.2 Å². The van der Waals surface area contributed by atoms with E-state index in [2.05, 4.69) is 4.98 Å². The Morgan fingerprint density at radius 1 is 1.29 bits per heavy atom. The van der Waals surface area contributed by atoms with Crippen molar-refractivity contribution >= 4 is 34.8 Å². The predicted octanol–water partition coefficient (Wildman–Crippen LogP) is 4.15. The molecule has 0 spiro atoms. The SMILES string of the molecule is COc1ccc(F)cc1C(=O)OCc1cn2cc(Cl)cc(Cl)c2n1. The maximum absolute atomic E-state index is 13.3. The summed E-state index contributed by atoms with van der Waals surface area (Å²) in [4.78, 5) is 16.4. The molecule has 0 aliphatic rings. The minimum atomic E-state index is -0.715. The van der Waals surface area contributed by atoms with Crippen LogP contribution in [-0.2, 0) is 11.3 Å². The average molecular weight is 369 g/mol. The first-order valence-electron chi connectivity index (χ1n) is 6.81. The van der Waals surface area contributed by atoms with Gasteiger partial charge in [0, 0.05) is 12.4 Å². The third-order valence-corrected chi connectivity index (χ3v) is 3.74. The lowest BCUT2D eigenvalue weighted by Crippen LogP contribution is -2.08. The molecule has 0 amide bonds. The van der Waals surface area contributed by atoms with Crippen LogP contribution in [0.1, 0.15) is 16.1 Å². The van der Waals surface area contributed by atoms with Crippen LogP contribution >= 0.6 is 23.2 Å². The van der Waals surface area contributed by atoms with Crippen LogP contribution in [0.2, 0.25) is 10.0 Å². The molecule has 3 aromatic rings. The van der Waals surface area contributed by atoms with Gasteiger partial charge in [-0.2, -0.15) is 0 Å². The highest BCUT2D eigenvalue weighted by atomic mass is 35.5. The van der Waals surface area contributed by atoms with Crippen molar-refractivity contribution in [2.24, 2.45) is 0 Å². The fourth-order valence-corrected chi connectivity index (χ4v) is 2.73. The smallest absolute Gasteiger partial charge is 0.342 e. The van der Waals surface area contributed by atoms with E-state index in [1.807, 2.05) is 0 Å². The largest absolute Gasteiger partial charge is 0.496 e. The maximum atomic E-state index is 13.3. The molecule has 0 bridgehead atoms. The van der Waals surface area contributed by atoms with Crippen LogP contribution in [0.4, 0.5) is 4.39 Å². The number of hydrogen-bond donors (Lipinski definition) is 0. The monoisotopic (exact) mass is 368 g/mol. The summed E-state index contributed by atoms with van der Waals surface area (Å²) in [6.07, 6.45) is 3.28. The van der Waals surface area contributed by atoms with Crippen LogP contribution in [0.3, 0.4) is 0 Å². The number of hydrogen-bond acceptors (Lipinski definition) is 4. The van der Waals surface area contributed by atoms with Crippen molar-refractivity contribution in [1.29, 1.82) is 0 Å². The molecular weight excluding hydrogens is 358 g/mol. The van der Waals surface area contributed by atoms with Gasteiger partial charge in [0.15, 0.2) is 5.65 Å². The second kappa shape index (κ2) is 6.67. The minimum absolute atomic E-state index is 0.00217. The van der Waals surface area contributed by atoms with Crippen LogP contribution < -0.4 is 4.74 Å². The Bertz CT molecular complexity index is 927. The molecule has 5 nitrogen and oxygen atoms in total. The van der Waals surface area contributed by atoms with Crippen LogP contribution in [0, 0.1) is 5.82 Å². The lowest BCUT2D eigenvalue weighted by atomic mass is 10.2. The molecular formula is C16H11Cl2FN2O3. The number of fused-ring (bicyclic) bond motifs is 1. The molecule has 0 N–H and O–H groups in total. The van der Waals surface area contributed by atoms with Gasteiger partial charge in [-0.3, -0.25) is 0 Å². The number of imidazole rings is 1. The highest BCUT2D eigenvalue weighted by Crippen LogP contribution is 2.23. The van der Waals surface area contributed by atoms with Gasteiger partial charge in [-0.15, -0.1) is 0 Å². The molecule has 0 fully saturated rings. The lowest BCUT2D eigenvalue weighted by molar-refractivity contribution is 0.0464. The van der Waals surface area contributed by atoms with Gasteiger partial charge in [0.2, 0.25) is 0 Å². The van der Waals surface area contributed by atoms with Crippen LogP contribution in [-0.4, -0.2) is 22.5 Å². The van der Waals surface area contributed by atoms with Gasteiger partial charge < -0.3 is 13.9 Å². The van der Waals surface area contributed by atoms with E-state index in [9.17, 15) is 9.18 Å². The van der Waals surface area contributed by atoms with Crippen molar-refractivity contribution in [3.8, 4) is 5.75 Å². The fourth-order valence-electron chi connectivity index (χ4n) is 2.20. The molecule has 2 aromatic heterocycles. The molecule has 0 radical (unpaired) electrons. The molecule has 8 heteroatoms. The Hall–Kier alpha value is -2.31. The number of rotatable bonds is 4. The molecule has 0 aliphatic carbocycles. The first-order valence-corrected chi connectivity index (χ1v) is 7.57. The summed E-state index contributed by atoms with van der Waals surface area (Å²) < 4.78 is 25.2. The lowest BCUT2D eigenvalue weighted by Gasteiger charge is -2.07. The Morgan fingerprint density at radius 3 is 2.83 bits per heavy atom. The van der Waals surface area contributed by atoms with E-state index in [4.69, 9.17) is 32.7 Å². The molecule has 2 heterocycles. The van der Waals surface area contributed by atoms with Crippen LogP contribution in [0.25, 0.3) is 5.65 Å². The number of carbonyl (C=O) groups is 1. The van der Waals surface area contributed by atoms with Gasteiger partial charge in [-0.05, 0) is 24.3 Å². The summed E-state index contributed by atoms with van der Waals surface area (Å²) in [5.74, 6) is -1.05. The second-order valence-corrected chi connectivity index (χ2v) is 5.73. The Kier molecular flexibility index (Phi) is 4.59. The summed E-state index contributed by atoms with van der Waals surface area (Å²) in [7, 11) is 1.39. The quantitative estimate of drug-likeness (QED) is 0.649. The number of ether oxygens (including phenoxy) is 2. The maximum Gasteiger partial charge on any atom is 0.342 e. The van der Waals surface area contributed by atoms with Gasteiger partial charge >= 0.3 is 5.97 Å². The number of carbonyl (C=O) groups excluding carboxylic acids is 1. The van der Waals surface area contributed by atoms with Crippen LogP contribution in [0.5, 0.6) is 5.75 Å². The van der Waals surface area contributed by atoms with E-state index < -0.39 is 11.8 Å². The summed E-state index contributed by atoms with van der Waals surface area (Å²) >= 11 is 12.0. The number of benzene rings is 1. The summed E-state index contributed by atoms with van der Waals surface area (Å²) in [5, 5.41) is 0.838. The first kappa shape index (κ1) is 16.5. The molecule has 0 unspecified atom stereocenters. The molecule has 3 rings (SSSR count). The first-order chi connectivity index (χ1) is 11.5. The van der Waals surface area contributed by atoms with E-state index in [0.29, 0.717) is 21.4 Å². The molecule has 24 heavy (non-hydrogen) atoms. The Balaban J connectivity index is 1.80. The number of nitrogens with zero attached hydrogens (tertiary/aromatic N) is 2. The molecule has 0 atom stereocenters. The molecule has 0 aliphatic heterocycles. The molecule has 1 aromatic carbocycles. The molecule has 0 saturated carbocycles. The number of pyridine rings is 1. The zero-order valence-electron chi connectivity index (χ0n) is 12.4. The number of halogens is 3. The third kappa shape index (κ3) is 3.29. The summed E-state index contributed by atoms with van der Waals surface area (Å²) in [5.41, 5.74) is 0.973. The highest BCUT2D eigenvalue weighted by molar-refractivity contribution is 6.36. The number of esters is 1. The van der Waals surface area contributed by atoms with E-state index >= 15 is 0 Å². The van der Waals surface area contributed by atoms with Gasteiger partial charge in [-0.25, -0.2) is 14.2 Å². The summed E-state index contributed by atoms with van der Waals surface area (Å²) in [6, 6.07) is 5.18. The van der Waals surface area contributed by atoms with Gasteiger partial charge in [0.25, 0.3) is 0 Å². The minimum Gasteiger partial charge on any atom is -0.496 e. The summed E-state index contributed by atoms with van der Waals surface area (Å²) in [6.45, 7) is -0.103. The fraction of sp³-hybridized carbons (Fsp3) is 0.125. The molecule has 0 saturated heterocycles. The zero-order valence-corrected chi connectivity index (χ0v) is 13.9. The van der Waals surface area contributed by atoms with Gasteiger partial charge in [0.1, 0.15) is 23.7 Å². The topological polar surface area (TPSA) is 52.8 Å². The third-order valence-electron chi connectivity index (χ3n) is 3.26. The Morgan fingerprint density at radius 2 is 2.08 bits per heavy atom. The van der Waals surface area contributed by atoms with Crippen molar-refractivity contribution in [2.45, 2.75) is 6.61 Å². The van der Waals surface area contributed by atoms with E-state index in [1.54, 1.807) is 22.9 Å². The number of aromatic nitrogens is 2. The van der Waals surface area contributed by atoms with Crippen molar-refractivity contribution in [3.05, 3.63) is 63.8 Å². The molecule has 124 valence electrons.